The van der Waals surface area contributed by atoms with E-state index >= 15 is 0 Å². The Morgan fingerprint density at radius 3 is 2.27 bits per heavy atom. The van der Waals surface area contributed by atoms with Crippen LogP contribution in [0.2, 0.25) is 5.02 Å². The van der Waals surface area contributed by atoms with Crippen molar-refractivity contribution in [3.05, 3.63) is 47.0 Å². The first-order valence-electron chi connectivity index (χ1n) is 7.45. The zero-order valence-electron chi connectivity index (χ0n) is 14.7. The highest BCUT2D eigenvalue weighted by Crippen LogP contribution is 2.31. The van der Waals surface area contributed by atoms with Crippen molar-refractivity contribution in [1.29, 1.82) is 0 Å². The predicted octanol–water partition coefficient (Wildman–Crippen LogP) is 2.86. The van der Waals surface area contributed by atoms with E-state index < -0.39 is 10.0 Å². The lowest BCUT2D eigenvalue weighted by atomic mass is 10.2. The highest BCUT2D eigenvalue weighted by Gasteiger charge is 2.20. The molecule has 0 aromatic heterocycles. The van der Waals surface area contributed by atoms with Crippen LogP contribution in [0, 0.1) is 0 Å². The van der Waals surface area contributed by atoms with Crippen LogP contribution in [-0.2, 0) is 10.0 Å². The number of anilines is 1. The molecular weight excluding hydrogens is 380 g/mol. The normalized spacial score (nSPS) is 11.0. The molecule has 0 radical (unpaired) electrons. The second-order valence-electron chi connectivity index (χ2n) is 5.52. The molecule has 2 rings (SSSR count). The zero-order chi connectivity index (χ0) is 19.5. The van der Waals surface area contributed by atoms with Crippen LogP contribution in [0.15, 0.2) is 41.3 Å². The number of nitrogens with zero attached hydrogens (tertiary/aromatic N) is 1. The number of rotatable bonds is 6. The number of carbonyl (C=O) groups excluding carboxylic acids is 1. The maximum atomic E-state index is 12.7. The maximum absolute atomic E-state index is 12.7. The zero-order valence-corrected chi connectivity index (χ0v) is 16.3. The number of methoxy groups -OCH3 is 2. The lowest BCUT2D eigenvalue weighted by Crippen LogP contribution is -2.22. The lowest BCUT2D eigenvalue weighted by molar-refractivity contribution is 0.0827. The van der Waals surface area contributed by atoms with Gasteiger partial charge in [-0.15, -0.1) is 0 Å². The Balaban J connectivity index is 2.41. The molecule has 9 heteroatoms. The molecule has 0 bridgehead atoms. The highest BCUT2D eigenvalue weighted by molar-refractivity contribution is 7.92. The van der Waals surface area contributed by atoms with Crippen LogP contribution < -0.4 is 14.2 Å². The molecule has 2 aromatic rings. The quantitative estimate of drug-likeness (QED) is 0.808. The van der Waals surface area contributed by atoms with E-state index in [0.29, 0.717) is 11.3 Å². The van der Waals surface area contributed by atoms with Gasteiger partial charge < -0.3 is 14.4 Å². The van der Waals surface area contributed by atoms with Crippen molar-refractivity contribution in [3.8, 4) is 11.5 Å². The van der Waals surface area contributed by atoms with Crippen molar-refractivity contribution in [1.82, 2.24) is 4.90 Å². The third-order valence-electron chi connectivity index (χ3n) is 3.53. The van der Waals surface area contributed by atoms with Crippen LogP contribution in [-0.4, -0.2) is 47.5 Å². The molecule has 0 spiro atoms. The average Bonchev–Trinajstić information content (AvgIpc) is 2.61. The van der Waals surface area contributed by atoms with Crippen LogP contribution in [0.25, 0.3) is 0 Å². The molecule has 2 aromatic carbocycles. The molecular formula is C17H19ClN2O5S. The first-order valence-corrected chi connectivity index (χ1v) is 9.31. The van der Waals surface area contributed by atoms with Gasteiger partial charge in [0.05, 0.1) is 29.8 Å². The number of carbonyl (C=O) groups is 1. The number of benzene rings is 2. The van der Waals surface area contributed by atoms with Gasteiger partial charge in [0, 0.05) is 25.7 Å². The molecule has 0 aliphatic heterocycles. The molecule has 1 amide bonds. The van der Waals surface area contributed by atoms with Gasteiger partial charge in [0.1, 0.15) is 0 Å². The van der Waals surface area contributed by atoms with E-state index in [1.807, 2.05) is 0 Å². The molecule has 0 heterocycles. The molecule has 140 valence electrons. The van der Waals surface area contributed by atoms with Gasteiger partial charge >= 0.3 is 0 Å². The standard InChI is InChI=1S/C17H19ClN2O5S/c1-20(2)17(21)11-5-7-13(18)14(9-11)19-26(22,23)12-6-8-15(24-3)16(10-12)25-4/h5-10,19H,1-4H3. The summed E-state index contributed by atoms with van der Waals surface area (Å²) in [5, 5.41) is 0.171. The first-order chi connectivity index (χ1) is 12.2. The fourth-order valence-electron chi connectivity index (χ4n) is 2.18. The average molecular weight is 399 g/mol. The highest BCUT2D eigenvalue weighted by atomic mass is 35.5. The van der Waals surface area contributed by atoms with Crippen LogP contribution in [0.5, 0.6) is 11.5 Å². The SMILES string of the molecule is COc1ccc(S(=O)(=O)Nc2cc(C(=O)N(C)C)ccc2Cl)cc1OC. The minimum atomic E-state index is -3.95. The van der Waals surface area contributed by atoms with Gasteiger partial charge in [0.15, 0.2) is 11.5 Å². The summed E-state index contributed by atoms with van der Waals surface area (Å²) in [6.45, 7) is 0. The molecule has 1 N–H and O–H groups in total. The van der Waals surface area contributed by atoms with Crippen LogP contribution in [0.1, 0.15) is 10.4 Å². The number of halogens is 1. The molecule has 0 atom stereocenters. The van der Waals surface area contributed by atoms with Crippen LogP contribution >= 0.6 is 11.6 Å². The summed E-state index contributed by atoms with van der Waals surface area (Å²) < 4.78 is 38.0. The van der Waals surface area contributed by atoms with Crippen LogP contribution in [0.4, 0.5) is 5.69 Å². The number of sulfonamides is 1. The second kappa shape index (κ2) is 7.84. The van der Waals surface area contributed by atoms with Crippen molar-refractivity contribution in [2.75, 3.05) is 33.0 Å². The number of amides is 1. The topological polar surface area (TPSA) is 84.9 Å². The van der Waals surface area contributed by atoms with Crippen LogP contribution in [0.3, 0.4) is 0 Å². The number of nitrogens with one attached hydrogen (secondary N) is 1. The molecule has 0 saturated carbocycles. The molecule has 7 nitrogen and oxygen atoms in total. The summed E-state index contributed by atoms with van der Waals surface area (Å²) in [5.74, 6) is 0.411. The Morgan fingerprint density at radius 1 is 1.04 bits per heavy atom. The minimum Gasteiger partial charge on any atom is -0.493 e. The summed E-state index contributed by atoms with van der Waals surface area (Å²) in [4.78, 5) is 13.4. The molecule has 0 aliphatic rings. The smallest absolute Gasteiger partial charge is 0.262 e. The molecule has 0 saturated heterocycles. The third-order valence-corrected chi connectivity index (χ3v) is 5.22. The molecule has 26 heavy (non-hydrogen) atoms. The van der Waals surface area contributed by atoms with Gasteiger partial charge in [-0.05, 0) is 30.3 Å². The number of hydrogen-bond acceptors (Lipinski definition) is 5. The lowest BCUT2D eigenvalue weighted by Gasteiger charge is -2.14. The fourth-order valence-corrected chi connectivity index (χ4v) is 3.49. The summed E-state index contributed by atoms with van der Waals surface area (Å²) in [6, 6.07) is 8.59. The summed E-state index contributed by atoms with van der Waals surface area (Å²) in [7, 11) is 2.12. The molecule has 0 unspecified atom stereocenters. The van der Waals surface area contributed by atoms with Gasteiger partial charge in [0.25, 0.3) is 15.9 Å². The van der Waals surface area contributed by atoms with E-state index in [1.165, 1.54) is 55.5 Å². The Hall–Kier alpha value is -2.45. The van der Waals surface area contributed by atoms with Crippen molar-refractivity contribution >= 4 is 33.2 Å². The Kier molecular flexibility index (Phi) is 5.99. The summed E-state index contributed by atoms with van der Waals surface area (Å²) in [6.07, 6.45) is 0. The Labute approximate surface area is 157 Å². The second-order valence-corrected chi connectivity index (χ2v) is 7.61. The van der Waals surface area contributed by atoms with Crippen molar-refractivity contribution in [2.24, 2.45) is 0 Å². The predicted molar refractivity (Wildman–Crippen MR) is 99.8 cm³/mol. The van der Waals surface area contributed by atoms with E-state index in [9.17, 15) is 13.2 Å². The van der Waals surface area contributed by atoms with Gasteiger partial charge in [-0.1, -0.05) is 11.6 Å². The maximum Gasteiger partial charge on any atom is 0.262 e. The first kappa shape index (κ1) is 19.9. The minimum absolute atomic E-state index is 0.0319. The van der Waals surface area contributed by atoms with Crippen molar-refractivity contribution < 1.29 is 22.7 Å². The van der Waals surface area contributed by atoms with E-state index in [-0.39, 0.29) is 27.3 Å². The van der Waals surface area contributed by atoms with Gasteiger partial charge in [-0.3, -0.25) is 9.52 Å². The number of ether oxygens (including phenoxy) is 2. The summed E-state index contributed by atoms with van der Waals surface area (Å²) >= 11 is 6.08. The van der Waals surface area contributed by atoms with Crippen molar-refractivity contribution in [3.63, 3.8) is 0 Å². The number of hydrogen-bond donors (Lipinski definition) is 1. The fraction of sp³-hybridized carbons (Fsp3) is 0.235. The Morgan fingerprint density at radius 2 is 1.69 bits per heavy atom. The van der Waals surface area contributed by atoms with Gasteiger partial charge in [-0.25, -0.2) is 8.42 Å². The third kappa shape index (κ3) is 4.20. The van der Waals surface area contributed by atoms with Gasteiger partial charge in [-0.2, -0.15) is 0 Å². The molecule has 0 fully saturated rings. The van der Waals surface area contributed by atoms with E-state index in [2.05, 4.69) is 4.72 Å². The van der Waals surface area contributed by atoms with Crippen molar-refractivity contribution in [2.45, 2.75) is 4.90 Å². The molecule has 0 aliphatic carbocycles. The monoisotopic (exact) mass is 398 g/mol. The van der Waals surface area contributed by atoms with E-state index in [1.54, 1.807) is 14.1 Å². The van der Waals surface area contributed by atoms with E-state index in [0.717, 1.165) is 0 Å². The summed E-state index contributed by atoms with van der Waals surface area (Å²) in [5.41, 5.74) is 0.415. The largest absolute Gasteiger partial charge is 0.493 e. The Bertz CT molecular complexity index is 929. The van der Waals surface area contributed by atoms with E-state index in [4.69, 9.17) is 21.1 Å². The van der Waals surface area contributed by atoms with Gasteiger partial charge in [0.2, 0.25) is 0 Å².